The summed E-state index contributed by atoms with van der Waals surface area (Å²) in [7, 11) is 0. The molecule has 0 amide bonds. The molecule has 0 radical (unpaired) electrons. The summed E-state index contributed by atoms with van der Waals surface area (Å²) >= 11 is 0. The molecule has 96 valence electrons. The van der Waals surface area contributed by atoms with Crippen LogP contribution in [0.15, 0.2) is 24.3 Å². The molecule has 0 unspecified atom stereocenters. The van der Waals surface area contributed by atoms with Crippen molar-refractivity contribution in [3.05, 3.63) is 35.4 Å². The zero-order chi connectivity index (χ0) is 13.7. The van der Waals surface area contributed by atoms with Gasteiger partial charge in [-0.2, -0.15) is 0 Å². The van der Waals surface area contributed by atoms with Crippen LogP contribution in [-0.4, -0.2) is 11.8 Å². The minimum atomic E-state index is -0.367. The van der Waals surface area contributed by atoms with E-state index < -0.39 is 0 Å². The molecular formula is C15H18O3. The second-order valence-electron chi connectivity index (χ2n) is 4.48. The maximum Gasteiger partial charge on any atom is 0.308 e. The fraction of sp³-hybridized carbons (Fsp3) is 0.333. The van der Waals surface area contributed by atoms with E-state index in [4.69, 9.17) is 4.74 Å². The van der Waals surface area contributed by atoms with Crippen LogP contribution in [0.25, 0.3) is 6.08 Å². The third-order valence-corrected chi connectivity index (χ3v) is 2.48. The fourth-order valence-corrected chi connectivity index (χ4v) is 1.45. The van der Waals surface area contributed by atoms with Gasteiger partial charge >= 0.3 is 5.97 Å². The Balaban J connectivity index is 3.05. The molecule has 3 heteroatoms. The quantitative estimate of drug-likeness (QED) is 0.465. The lowest BCUT2D eigenvalue weighted by atomic mass is 10.1. The lowest BCUT2D eigenvalue weighted by Gasteiger charge is -2.08. The number of rotatable bonds is 4. The maximum absolute atomic E-state index is 11.5. The van der Waals surface area contributed by atoms with Crippen molar-refractivity contribution in [2.75, 3.05) is 0 Å². The Morgan fingerprint density at radius 1 is 1.28 bits per heavy atom. The molecule has 0 heterocycles. The average molecular weight is 246 g/mol. The molecule has 1 aromatic rings. The number of ether oxygens (including phenoxy) is 1. The summed E-state index contributed by atoms with van der Waals surface area (Å²) < 4.78 is 5.17. The Labute approximate surface area is 107 Å². The first-order valence-corrected chi connectivity index (χ1v) is 5.91. The van der Waals surface area contributed by atoms with Crippen LogP contribution < -0.4 is 4.74 Å². The van der Waals surface area contributed by atoms with Crippen LogP contribution in [0.5, 0.6) is 5.75 Å². The highest BCUT2D eigenvalue weighted by Crippen LogP contribution is 2.25. The Kier molecular flexibility index (Phi) is 4.84. The average Bonchev–Trinajstić information content (AvgIpc) is 2.28. The highest BCUT2D eigenvalue weighted by molar-refractivity contribution is 5.95. The van der Waals surface area contributed by atoms with Gasteiger partial charge in [0.2, 0.25) is 0 Å². The molecule has 0 aliphatic rings. The van der Waals surface area contributed by atoms with Crippen molar-refractivity contribution >= 4 is 17.8 Å². The van der Waals surface area contributed by atoms with Crippen molar-refractivity contribution in [1.82, 2.24) is 0 Å². The first-order valence-electron chi connectivity index (χ1n) is 5.91. The van der Waals surface area contributed by atoms with Crippen LogP contribution in [-0.2, 0) is 9.59 Å². The number of carbonyl (C=O) groups is 2. The van der Waals surface area contributed by atoms with Crippen LogP contribution >= 0.6 is 0 Å². The number of ketones is 1. The van der Waals surface area contributed by atoms with Crippen molar-refractivity contribution in [1.29, 1.82) is 0 Å². The molecule has 1 aromatic carbocycles. The van der Waals surface area contributed by atoms with Crippen LogP contribution in [0.1, 0.15) is 31.9 Å². The number of benzene rings is 1. The molecule has 0 aromatic heterocycles. The molecular weight excluding hydrogens is 228 g/mol. The third-order valence-electron chi connectivity index (χ3n) is 2.48. The van der Waals surface area contributed by atoms with Gasteiger partial charge in [0.25, 0.3) is 0 Å². The van der Waals surface area contributed by atoms with Crippen molar-refractivity contribution < 1.29 is 14.3 Å². The highest BCUT2D eigenvalue weighted by Gasteiger charge is 2.08. The van der Waals surface area contributed by atoms with Crippen molar-refractivity contribution in [2.24, 2.45) is 5.92 Å². The molecule has 1 rings (SSSR count). The lowest BCUT2D eigenvalue weighted by Crippen LogP contribution is -2.05. The zero-order valence-electron chi connectivity index (χ0n) is 11.2. The van der Waals surface area contributed by atoms with E-state index in [1.165, 1.54) is 13.0 Å². The van der Waals surface area contributed by atoms with Crippen LogP contribution in [0, 0.1) is 12.8 Å². The predicted octanol–water partition coefficient (Wildman–Crippen LogP) is 3.16. The molecule has 0 saturated heterocycles. The number of allylic oxidation sites excluding steroid dienone is 1. The number of hydrogen-bond acceptors (Lipinski definition) is 3. The molecule has 3 nitrogen and oxygen atoms in total. The first kappa shape index (κ1) is 14.2. The predicted molar refractivity (Wildman–Crippen MR) is 71.4 cm³/mol. The number of hydrogen-bond donors (Lipinski definition) is 0. The van der Waals surface area contributed by atoms with Gasteiger partial charge in [0.05, 0.1) is 0 Å². The summed E-state index contributed by atoms with van der Waals surface area (Å²) in [6.07, 6.45) is 3.21. The van der Waals surface area contributed by atoms with E-state index in [9.17, 15) is 9.59 Å². The van der Waals surface area contributed by atoms with E-state index in [2.05, 4.69) is 0 Å². The molecule has 0 aliphatic heterocycles. The molecule has 0 bridgehead atoms. The summed E-state index contributed by atoms with van der Waals surface area (Å²) in [5, 5.41) is 0. The maximum atomic E-state index is 11.5. The van der Waals surface area contributed by atoms with Gasteiger partial charge in [-0.05, 0) is 24.6 Å². The highest BCUT2D eigenvalue weighted by atomic mass is 16.5. The van der Waals surface area contributed by atoms with Gasteiger partial charge in [0, 0.05) is 18.4 Å². The van der Waals surface area contributed by atoms with Gasteiger partial charge < -0.3 is 4.74 Å². The van der Waals surface area contributed by atoms with E-state index in [-0.39, 0.29) is 17.7 Å². The third kappa shape index (κ3) is 3.84. The topological polar surface area (TPSA) is 43.4 Å². The van der Waals surface area contributed by atoms with Crippen molar-refractivity contribution in [3.8, 4) is 5.75 Å². The van der Waals surface area contributed by atoms with Crippen LogP contribution in [0.3, 0.4) is 0 Å². The van der Waals surface area contributed by atoms with Gasteiger partial charge in [0.1, 0.15) is 5.75 Å². The van der Waals surface area contributed by atoms with Crippen molar-refractivity contribution in [3.63, 3.8) is 0 Å². The Morgan fingerprint density at radius 3 is 2.50 bits per heavy atom. The summed E-state index contributed by atoms with van der Waals surface area (Å²) in [6.45, 7) is 6.91. The van der Waals surface area contributed by atoms with Gasteiger partial charge in [0.15, 0.2) is 5.78 Å². The summed E-state index contributed by atoms with van der Waals surface area (Å²) in [5.41, 5.74) is 1.60. The summed E-state index contributed by atoms with van der Waals surface area (Å²) in [6, 6.07) is 5.54. The number of aryl methyl sites for hydroxylation is 1. The second kappa shape index (κ2) is 6.15. The minimum absolute atomic E-state index is 0.0387. The molecule has 0 aliphatic carbocycles. The van der Waals surface area contributed by atoms with Crippen LogP contribution in [0.4, 0.5) is 0 Å². The molecule has 18 heavy (non-hydrogen) atoms. The largest absolute Gasteiger partial charge is 0.426 e. The van der Waals surface area contributed by atoms with Crippen molar-refractivity contribution in [2.45, 2.75) is 27.7 Å². The number of carbonyl (C=O) groups excluding carboxylic acids is 2. The first-order chi connectivity index (χ1) is 8.41. The van der Waals surface area contributed by atoms with Gasteiger partial charge in [-0.25, -0.2) is 0 Å². The molecule has 0 N–H and O–H groups in total. The summed E-state index contributed by atoms with van der Waals surface area (Å²) in [4.78, 5) is 22.6. The van der Waals surface area contributed by atoms with E-state index in [0.717, 1.165) is 11.1 Å². The standard InChI is InChI=1S/C15H18O3/c1-10(2)14(17)9-8-13-7-5-6-11(3)15(13)18-12(4)16/h5-10H,1-4H3/b9-8-. The summed E-state index contributed by atoms with van der Waals surface area (Å²) in [5.74, 6) is 0.153. The Morgan fingerprint density at radius 2 is 1.94 bits per heavy atom. The number of para-hydroxylation sites is 1. The molecule has 0 saturated carbocycles. The van der Waals surface area contributed by atoms with E-state index in [1.54, 1.807) is 6.08 Å². The zero-order valence-corrected chi connectivity index (χ0v) is 11.2. The van der Waals surface area contributed by atoms with E-state index in [1.807, 2.05) is 39.0 Å². The monoisotopic (exact) mass is 246 g/mol. The second-order valence-corrected chi connectivity index (χ2v) is 4.48. The molecule has 0 fully saturated rings. The van der Waals surface area contributed by atoms with Crippen LogP contribution in [0.2, 0.25) is 0 Å². The smallest absolute Gasteiger partial charge is 0.308 e. The molecule has 0 atom stereocenters. The minimum Gasteiger partial charge on any atom is -0.426 e. The Hall–Kier alpha value is -1.90. The van der Waals surface area contributed by atoms with E-state index in [0.29, 0.717) is 5.75 Å². The van der Waals surface area contributed by atoms with Gasteiger partial charge in [-0.15, -0.1) is 0 Å². The van der Waals surface area contributed by atoms with Gasteiger partial charge in [-0.1, -0.05) is 32.0 Å². The SMILES string of the molecule is CC(=O)Oc1c(C)cccc1/C=C\C(=O)C(C)C. The fourth-order valence-electron chi connectivity index (χ4n) is 1.45. The Bertz CT molecular complexity index is 485. The normalized spacial score (nSPS) is 10.9. The molecule has 0 spiro atoms. The number of esters is 1. The van der Waals surface area contributed by atoms with E-state index >= 15 is 0 Å². The van der Waals surface area contributed by atoms with Gasteiger partial charge in [-0.3, -0.25) is 9.59 Å². The lowest BCUT2D eigenvalue weighted by molar-refractivity contribution is -0.131.